The lowest BCUT2D eigenvalue weighted by molar-refractivity contribution is 1.28. The first-order valence-electron chi connectivity index (χ1n) is 5.42. The molecule has 0 bridgehead atoms. The molecule has 0 fully saturated rings. The maximum Gasteiger partial charge on any atom is 0.178 e. The van der Waals surface area contributed by atoms with E-state index in [4.69, 9.17) is 11.6 Å². The molecule has 1 aromatic carbocycles. The van der Waals surface area contributed by atoms with Gasteiger partial charge in [-0.2, -0.15) is 0 Å². The molecule has 90 valence electrons. The van der Waals surface area contributed by atoms with Crippen molar-refractivity contribution in [3.05, 3.63) is 45.5 Å². The number of imidazole rings is 1. The lowest BCUT2D eigenvalue weighted by Crippen LogP contribution is -1.86. The molecule has 0 saturated heterocycles. The highest BCUT2D eigenvalue weighted by molar-refractivity contribution is 9.10. The fourth-order valence-corrected chi connectivity index (χ4v) is 2.37. The SMILES string of the molecule is Cc1c(Cl)cccc1-c1nc2ncc(Br)cc2[nH]1. The van der Waals surface area contributed by atoms with Crippen LogP contribution in [0.1, 0.15) is 5.56 Å². The van der Waals surface area contributed by atoms with Crippen LogP contribution in [0.2, 0.25) is 5.02 Å². The van der Waals surface area contributed by atoms with E-state index in [0.29, 0.717) is 5.65 Å². The fourth-order valence-electron chi connectivity index (χ4n) is 1.87. The summed E-state index contributed by atoms with van der Waals surface area (Å²) in [5.41, 5.74) is 3.61. The first kappa shape index (κ1) is 11.7. The van der Waals surface area contributed by atoms with Gasteiger partial charge >= 0.3 is 0 Å². The van der Waals surface area contributed by atoms with Crippen molar-refractivity contribution in [3.8, 4) is 11.4 Å². The van der Waals surface area contributed by atoms with Crippen LogP contribution in [0.3, 0.4) is 0 Å². The minimum Gasteiger partial charge on any atom is -0.337 e. The van der Waals surface area contributed by atoms with Gasteiger partial charge in [-0.15, -0.1) is 0 Å². The molecule has 0 atom stereocenters. The van der Waals surface area contributed by atoms with Crippen LogP contribution >= 0.6 is 27.5 Å². The van der Waals surface area contributed by atoms with Crippen LogP contribution in [0.25, 0.3) is 22.6 Å². The van der Waals surface area contributed by atoms with Gasteiger partial charge in [0.25, 0.3) is 0 Å². The Morgan fingerprint density at radius 3 is 3.00 bits per heavy atom. The van der Waals surface area contributed by atoms with E-state index in [1.54, 1.807) is 6.20 Å². The summed E-state index contributed by atoms with van der Waals surface area (Å²) in [6.07, 6.45) is 1.73. The van der Waals surface area contributed by atoms with Crippen molar-refractivity contribution in [3.63, 3.8) is 0 Å². The smallest absolute Gasteiger partial charge is 0.178 e. The van der Waals surface area contributed by atoms with E-state index in [0.717, 1.165) is 32.0 Å². The Morgan fingerprint density at radius 2 is 2.17 bits per heavy atom. The zero-order valence-corrected chi connectivity index (χ0v) is 11.9. The van der Waals surface area contributed by atoms with Crippen molar-refractivity contribution < 1.29 is 0 Å². The molecule has 1 N–H and O–H groups in total. The summed E-state index contributed by atoms with van der Waals surface area (Å²) in [4.78, 5) is 12.0. The lowest BCUT2D eigenvalue weighted by atomic mass is 10.1. The number of hydrogen-bond donors (Lipinski definition) is 1. The third-order valence-corrected chi connectivity index (χ3v) is 3.67. The van der Waals surface area contributed by atoms with Gasteiger partial charge in [0.05, 0.1) is 5.52 Å². The number of nitrogens with one attached hydrogen (secondary N) is 1. The average molecular weight is 323 g/mol. The van der Waals surface area contributed by atoms with E-state index in [2.05, 4.69) is 30.9 Å². The van der Waals surface area contributed by atoms with Gasteiger partial charge in [0.1, 0.15) is 5.82 Å². The van der Waals surface area contributed by atoms with Crippen LogP contribution in [-0.2, 0) is 0 Å². The molecule has 3 nitrogen and oxygen atoms in total. The van der Waals surface area contributed by atoms with Gasteiger partial charge in [0.2, 0.25) is 0 Å². The lowest BCUT2D eigenvalue weighted by Gasteiger charge is -2.03. The normalized spacial score (nSPS) is 11.1. The Kier molecular flexibility index (Phi) is 2.84. The largest absolute Gasteiger partial charge is 0.337 e. The number of pyridine rings is 1. The third kappa shape index (κ3) is 1.91. The predicted octanol–water partition coefficient (Wildman–Crippen LogP) is 4.35. The summed E-state index contributed by atoms with van der Waals surface area (Å²) >= 11 is 9.52. The number of halogens is 2. The molecule has 2 aromatic heterocycles. The summed E-state index contributed by atoms with van der Waals surface area (Å²) in [7, 11) is 0. The molecule has 0 spiro atoms. The second-order valence-electron chi connectivity index (χ2n) is 4.02. The number of aromatic nitrogens is 3. The van der Waals surface area contributed by atoms with Crippen LogP contribution in [-0.4, -0.2) is 15.0 Å². The van der Waals surface area contributed by atoms with Gasteiger partial charge in [0, 0.05) is 21.3 Å². The van der Waals surface area contributed by atoms with Crippen LogP contribution in [0, 0.1) is 6.92 Å². The third-order valence-electron chi connectivity index (χ3n) is 2.83. The number of aromatic amines is 1. The van der Waals surface area contributed by atoms with Crippen molar-refractivity contribution >= 4 is 38.7 Å². The Morgan fingerprint density at radius 1 is 1.33 bits per heavy atom. The number of rotatable bonds is 1. The Bertz CT molecular complexity index is 736. The van der Waals surface area contributed by atoms with Gasteiger partial charge in [0.15, 0.2) is 5.65 Å². The summed E-state index contributed by atoms with van der Waals surface area (Å²) in [6, 6.07) is 7.74. The highest BCUT2D eigenvalue weighted by Crippen LogP contribution is 2.28. The van der Waals surface area contributed by atoms with Crippen molar-refractivity contribution in [2.24, 2.45) is 0 Å². The summed E-state index contributed by atoms with van der Waals surface area (Å²) in [5, 5.41) is 0.738. The monoisotopic (exact) mass is 321 g/mol. The van der Waals surface area contributed by atoms with E-state index < -0.39 is 0 Å². The van der Waals surface area contributed by atoms with Crippen molar-refractivity contribution in [2.75, 3.05) is 0 Å². The quantitative estimate of drug-likeness (QED) is 0.723. The molecule has 0 radical (unpaired) electrons. The molecule has 18 heavy (non-hydrogen) atoms. The topological polar surface area (TPSA) is 41.6 Å². The number of fused-ring (bicyclic) bond motifs is 1. The number of benzene rings is 1. The Balaban J connectivity index is 2.22. The first-order valence-corrected chi connectivity index (χ1v) is 6.59. The first-order chi connectivity index (χ1) is 8.65. The summed E-state index contributed by atoms with van der Waals surface area (Å²) < 4.78 is 0.924. The van der Waals surface area contributed by atoms with Gasteiger partial charge in [-0.1, -0.05) is 23.7 Å². The van der Waals surface area contributed by atoms with Gasteiger partial charge in [-0.25, -0.2) is 9.97 Å². The molecule has 0 saturated carbocycles. The van der Waals surface area contributed by atoms with Crippen LogP contribution in [0.4, 0.5) is 0 Å². The number of nitrogens with zero attached hydrogens (tertiary/aromatic N) is 2. The second kappa shape index (κ2) is 4.37. The fraction of sp³-hybridized carbons (Fsp3) is 0.0769. The van der Waals surface area contributed by atoms with Crippen LogP contribution < -0.4 is 0 Å². The van der Waals surface area contributed by atoms with E-state index >= 15 is 0 Å². The van der Waals surface area contributed by atoms with E-state index in [1.807, 2.05) is 31.2 Å². The van der Waals surface area contributed by atoms with Crippen molar-refractivity contribution in [1.82, 2.24) is 15.0 Å². The molecular formula is C13H9BrClN3. The molecule has 0 aliphatic carbocycles. The minimum absolute atomic E-state index is 0.701. The Labute approximate surface area is 117 Å². The maximum atomic E-state index is 6.12. The van der Waals surface area contributed by atoms with E-state index in [1.165, 1.54) is 0 Å². The second-order valence-corrected chi connectivity index (χ2v) is 5.35. The molecule has 0 aliphatic heterocycles. The standard InChI is InChI=1S/C13H9BrClN3/c1-7-9(3-2-4-10(7)15)12-17-11-5-8(14)6-16-13(11)18-12/h2-6H,1H3,(H,16,17,18). The molecule has 0 unspecified atom stereocenters. The van der Waals surface area contributed by atoms with Gasteiger partial charge < -0.3 is 4.98 Å². The molecule has 0 aliphatic rings. The zero-order chi connectivity index (χ0) is 12.7. The van der Waals surface area contributed by atoms with Gasteiger partial charge in [-0.05, 0) is 40.5 Å². The summed E-state index contributed by atoms with van der Waals surface area (Å²) in [5.74, 6) is 0.788. The van der Waals surface area contributed by atoms with Crippen molar-refractivity contribution in [1.29, 1.82) is 0 Å². The van der Waals surface area contributed by atoms with E-state index in [9.17, 15) is 0 Å². The van der Waals surface area contributed by atoms with Crippen molar-refractivity contribution in [2.45, 2.75) is 6.92 Å². The predicted molar refractivity (Wildman–Crippen MR) is 76.8 cm³/mol. The molecule has 3 rings (SSSR count). The summed E-state index contributed by atoms with van der Waals surface area (Å²) in [6.45, 7) is 1.98. The minimum atomic E-state index is 0.701. The maximum absolute atomic E-state index is 6.12. The molecular weight excluding hydrogens is 314 g/mol. The number of hydrogen-bond acceptors (Lipinski definition) is 2. The highest BCUT2D eigenvalue weighted by atomic mass is 79.9. The molecule has 5 heteroatoms. The average Bonchev–Trinajstić information content (AvgIpc) is 2.75. The van der Waals surface area contributed by atoms with Gasteiger partial charge in [-0.3, -0.25) is 0 Å². The Hall–Kier alpha value is -1.39. The zero-order valence-electron chi connectivity index (χ0n) is 9.54. The van der Waals surface area contributed by atoms with E-state index in [-0.39, 0.29) is 0 Å². The highest BCUT2D eigenvalue weighted by Gasteiger charge is 2.10. The van der Waals surface area contributed by atoms with Crippen LogP contribution in [0.15, 0.2) is 34.9 Å². The molecule has 2 heterocycles. The van der Waals surface area contributed by atoms with Crippen LogP contribution in [0.5, 0.6) is 0 Å². The number of H-pyrrole nitrogens is 1. The molecule has 3 aromatic rings. The molecule has 0 amide bonds.